The summed E-state index contributed by atoms with van der Waals surface area (Å²) in [5.41, 5.74) is -0.663. The Labute approximate surface area is 343 Å². The van der Waals surface area contributed by atoms with Gasteiger partial charge >= 0.3 is 17.9 Å². The minimum Gasteiger partial charge on any atom is -0.497 e. The normalized spacial score (nSPS) is 15.5. The van der Waals surface area contributed by atoms with Crippen molar-refractivity contribution in [2.24, 2.45) is 4.99 Å². The topological polar surface area (TPSA) is 249 Å². The van der Waals surface area contributed by atoms with Crippen molar-refractivity contribution in [2.75, 3.05) is 40.6 Å². The summed E-state index contributed by atoms with van der Waals surface area (Å²) >= 11 is 0. The highest BCUT2D eigenvalue weighted by Gasteiger charge is 2.42. The van der Waals surface area contributed by atoms with Crippen LogP contribution in [0.4, 0.5) is 9.59 Å². The Balaban J connectivity index is 1.37. The Hall–Kier alpha value is -7.43. The molecule has 1 aromatic heterocycles. The van der Waals surface area contributed by atoms with Crippen LogP contribution in [-0.4, -0.2) is 85.6 Å². The molecule has 1 aliphatic rings. The van der Waals surface area contributed by atoms with Gasteiger partial charge in [-0.15, -0.1) is 0 Å². The largest absolute Gasteiger partial charge is 0.497 e. The van der Waals surface area contributed by atoms with Gasteiger partial charge in [-0.3, -0.25) is 25.0 Å². The smallest absolute Gasteiger partial charge is 0.413 e. The number of guanidine groups is 1. The number of H-pyrrole nitrogens is 1. The van der Waals surface area contributed by atoms with E-state index in [-0.39, 0.29) is 51.2 Å². The zero-order valence-corrected chi connectivity index (χ0v) is 32.6. The molecule has 310 valence electrons. The minimum absolute atomic E-state index is 0.0316. The monoisotopic (exact) mass is 819 g/mol. The van der Waals surface area contributed by atoms with Crippen LogP contribution in [0.15, 0.2) is 99.6 Å². The van der Waals surface area contributed by atoms with Gasteiger partial charge in [0.05, 0.1) is 51.9 Å². The zero-order valence-electron chi connectivity index (χ0n) is 32.6. The molecule has 3 atom stereocenters. The van der Waals surface area contributed by atoms with Gasteiger partial charge in [-0.1, -0.05) is 66.4 Å². The molecule has 18 nitrogen and oxygen atoms in total. The summed E-state index contributed by atoms with van der Waals surface area (Å²) in [5.74, 6) is 6.08. The number of carbonyl (C=O) groups excluding carboxylic acids is 2. The summed E-state index contributed by atoms with van der Waals surface area (Å²) in [7, 11) is 3.15. The first-order chi connectivity index (χ1) is 29.1. The fourth-order valence-corrected chi connectivity index (χ4v) is 6.11. The number of hydrogen-bond donors (Lipinski definition) is 4. The van der Waals surface area contributed by atoms with Gasteiger partial charge in [0, 0.05) is 12.6 Å². The third-order valence-corrected chi connectivity index (χ3v) is 8.99. The van der Waals surface area contributed by atoms with Crippen molar-refractivity contribution in [1.82, 2.24) is 20.2 Å². The molecule has 1 fully saturated rings. The fraction of sp³-hybridized carbons (Fsp3) is 0.310. The number of aromatic amines is 1. The lowest BCUT2D eigenvalue weighted by Crippen LogP contribution is -2.44. The highest BCUT2D eigenvalue weighted by Crippen LogP contribution is 2.42. The number of aliphatic hydroxyl groups excluding tert-OH is 1. The van der Waals surface area contributed by atoms with E-state index >= 15 is 0 Å². The molecular formula is C42H41N7O11. The van der Waals surface area contributed by atoms with Gasteiger partial charge in [-0.25, -0.2) is 19.4 Å². The van der Waals surface area contributed by atoms with E-state index in [0.717, 1.165) is 21.3 Å². The average Bonchev–Trinajstić information content (AvgIpc) is 3.63. The van der Waals surface area contributed by atoms with Crippen LogP contribution in [0, 0.1) is 34.5 Å². The van der Waals surface area contributed by atoms with E-state index in [1.807, 2.05) is 91.0 Å². The van der Waals surface area contributed by atoms with E-state index in [4.69, 9.17) is 38.9 Å². The number of aliphatic hydroxyl groups is 1. The van der Waals surface area contributed by atoms with Crippen LogP contribution < -0.4 is 31.4 Å². The van der Waals surface area contributed by atoms with Crippen molar-refractivity contribution in [3.05, 3.63) is 128 Å². The lowest BCUT2D eigenvalue weighted by Gasteiger charge is -2.37. The minimum atomic E-state index is -1.21. The van der Waals surface area contributed by atoms with Gasteiger partial charge in [-0.2, -0.15) is 10.5 Å². The first kappa shape index (κ1) is 43.7. The Kier molecular flexibility index (Phi) is 15.6. The molecule has 0 saturated carbocycles. The van der Waals surface area contributed by atoms with Crippen molar-refractivity contribution in [1.29, 1.82) is 10.5 Å². The van der Waals surface area contributed by atoms with Gasteiger partial charge in [0.15, 0.2) is 0 Å². The maximum Gasteiger partial charge on any atom is 0.413 e. The summed E-state index contributed by atoms with van der Waals surface area (Å²) in [6.45, 7) is -0.959. The number of methoxy groups -OCH3 is 2. The molecule has 0 aliphatic carbocycles. The molecule has 2 heterocycles. The van der Waals surface area contributed by atoms with Gasteiger partial charge < -0.3 is 33.5 Å². The summed E-state index contributed by atoms with van der Waals surface area (Å²) in [4.78, 5) is 56.3. The molecule has 0 bridgehead atoms. The van der Waals surface area contributed by atoms with Gasteiger partial charge in [0.2, 0.25) is 5.96 Å². The van der Waals surface area contributed by atoms with Crippen LogP contribution in [0.3, 0.4) is 0 Å². The second kappa shape index (κ2) is 21.4. The molecule has 0 spiro atoms. The van der Waals surface area contributed by atoms with Crippen molar-refractivity contribution in [2.45, 2.75) is 43.3 Å². The van der Waals surface area contributed by atoms with Crippen LogP contribution in [0.1, 0.15) is 47.7 Å². The Bertz CT molecular complexity index is 2310. The number of alkyl carbamates (subject to hydrolysis) is 2. The van der Waals surface area contributed by atoms with Crippen molar-refractivity contribution >= 4 is 18.1 Å². The predicted molar refractivity (Wildman–Crippen MR) is 213 cm³/mol. The number of ether oxygens (including phenoxy) is 6. The fourth-order valence-electron chi connectivity index (χ4n) is 6.11. The lowest BCUT2D eigenvalue weighted by molar-refractivity contribution is -0.0944. The summed E-state index contributed by atoms with van der Waals surface area (Å²) in [5, 5.41) is 33.0. The van der Waals surface area contributed by atoms with Crippen molar-refractivity contribution in [3.63, 3.8) is 0 Å². The Morgan fingerprint density at radius 2 is 1.43 bits per heavy atom. The molecule has 4 aromatic rings. The number of carbonyl (C=O) groups is 2. The number of nitrogens with zero attached hydrogens (tertiary/aromatic N) is 4. The number of aliphatic imine (C=N–C) groups is 1. The van der Waals surface area contributed by atoms with E-state index < -0.39 is 53.4 Å². The quantitative estimate of drug-likeness (QED) is 0.0470. The molecular weight excluding hydrogens is 778 g/mol. The molecule has 0 radical (unpaired) electrons. The second-order valence-electron chi connectivity index (χ2n) is 12.8. The van der Waals surface area contributed by atoms with Crippen molar-refractivity contribution < 1.29 is 43.1 Å². The number of benzene rings is 3. The number of rotatable bonds is 14. The molecule has 3 aromatic carbocycles. The molecule has 5 rings (SSSR count). The molecule has 1 saturated heterocycles. The Morgan fingerprint density at radius 3 is 1.97 bits per heavy atom. The molecule has 60 heavy (non-hydrogen) atoms. The number of nitriles is 2. The summed E-state index contributed by atoms with van der Waals surface area (Å²) in [6.07, 6.45) is -4.09. The van der Waals surface area contributed by atoms with E-state index in [9.17, 15) is 24.3 Å². The number of hydrogen-bond acceptors (Lipinski definition) is 14. The van der Waals surface area contributed by atoms with Crippen LogP contribution in [0.5, 0.6) is 11.5 Å². The summed E-state index contributed by atoms with van der Waals surface area (Å²) in [6, 6.07) is 28.1. The van der Waals surface area contributed by atoms with E-state index in [0.29, 0.717) is 11.5 Å². The number of aromatic nitrogens is 2. The van der Waals surface area contributed by atoms with Crippen LogP contribution in [0.2, 0.25) is 0 Å². The highest BCUT2D eigenvalue weighted by atomic mass is 16.6. The van der Waals surface area contributed by atoms with Gasteiger partial charge in [0.25, 0.3) is 5.56 Å². The number of nitrogens with one attached hydrogen (secondary N) is 3. The zero-order chi connectivity index (χ0) is 42.9. The molecule has 18 heteroatoms. The van der Waals surface area contributed by atoms with E-state index in [2.05, 4.69) is 32.5 Å². The molecule has 1 aliphatic heterocycles. The van der Waals surface area contributed by atoms with Gasteiger partial charge in [-0.05, 0) is 41.0 Å². The SMILES string of the molecule is COc1ccc(C(OC[C@H]2O[C@@H](n3cc(C#CCN=C(NC(=O)OCCC#N)NC(=O)OCCC#N)c(=O)[nH]c3=O)C[C@@H]2O)(c2ccccc2)c2ccc(OC)cc2)cc1. The highest BCUT2D eigenvalue weighted by molar-refractivity contribution is 6.01. The lowest BCUT2D eigenvalue weighted by atomic mass is 9.80. The maximum absolute atomic E-state index is 13.1. The van der Waals surface area contributed by atoms with E-state index in [1.54, 1.807) is 14.2 Å². The third kappa shape index (κ3) is 11.1. The van der Waals surface area contributed by atoms with Gasteiger partial charge in [0.1, 0.15) is 54.8 Å². The first-order valence-corrected chi connectivity index (χ1v) is 18.4. The number of amides is 2. The van der Waals surface area contributed by atoms with Crippen LogP contribution >= 0.6 is 0 Å². The molecule has 0 unspecified atom stereocenters. The first-order valence-electron chi connectivity index (χ1n) is 18.4. The Morgan fingerprint density at radius 1 is 0.883 bits per heavy atom. The van der Waals surface area contributed by atoms with E-state index in [1.165, 1.54) is 6.20 Å². The predicted octanol–water partition coefficient (Wildman–Crippen LogP) is 3.20. The third-order valence-electron chi connectivity index (χ3n) is 8.99. The standard InChI is InChI=1S/C42H41N7O11/c1-55-32-16-12-30(13-17-32)42(29-10-4-3-5-11-29,31-14-18-33(56-2)19-15-31)59-27-35-34(50)25-36(60-35)49-26-28(37(51)46-39(49)52)9-6-22-45-38(47-40(53)57-23-7-20-43)48-41(54)58-24-8-21-44/h3-5,10-19,26,34-36,50H,7-8,22-25,27H2,1-2H3,(H,46,51,52)(H2,45,47,48,53,54)/t34-,35+,36+/m0/s1. The maximum atomic E-state index is 13.1. The van der Waals surface area contributed by atoms with Crippen LogP contribution in [0.25, 0.3) is 0 Å². The van der Waals surface area contributed by atoms with Crippen molar-refractivity contribution in [3.8, 4) is 35.5 Å². The summed E-state index contributed by atoms with van der Waals surface area (Å²) < 4.78 is 34.7. The van der Waals surface area contributed by atoms with Crippen LogP contribution in [-0.2, 0) is 24.5 Å². The second-order valence-corrected chi connectivity index (χ2v) is 12.8. The average molecular weight is 820 g/mol. The molecule has 2 amide bonds. The molecule has 4 N–H and O–H groups in total.